The molecule has 14 nitrogen and oxygen atoms in total. The molecule has 0 aromatic carbocycles. The van der Waals surface area contributed by atoms with Gasteiger partial charge in [-0.3, -0.25) is 14.4 Å². The van der Waals surface area contributed by atoms with E-state index in [9.17, 15) is 14.4 Å². The van der Waals surface area contributed by atoms with E-state index < -0.39 is 37.8 Å². The second-order valence-corrected chi connectivity index (χ2v) is 9.57. The minimum Gasteiger partial charge on any atom is -0.474 e. The van der Waals surface area contributed by atoms with Crippen molar-refractivity contribution >= 4 is 36.1 Å². The number of ketones is 1. The summed E-state index contributed by atoms with van der Waals surface area (Å²) in [6.45, 7) is 3.20. The number of fused-ring (bicyclic) bond motifs is 1. The molecule has 2 aromatic heterocycles. The molecular formula is C24H31BN4O10. The summed E-state index contributed by atoms with van der Waals surface area (Å²) in [5.74, 6) is -1.34. The van der Waals surface area contributed by atoms with Gasteiger partial charge in [-0.1, -0.05) is 0 Å². The minimum atomic E-state index is -1.59. The minimum absolute atomic E-state index is 0.0173. The molecule has 0 radical (unpaired) electrons. The Bertz CT molecular complexity index is 1180. The van der Waals surface area contributed by atoms with Gasteiger partial charge < -0.3 is 32.9 Å². The van der Waals surface area contributed by atoms with Crippen molar-refractivity contribution in [3.8, 4) is 5.88 Å². The zero-order valence-electron chi connectivity index (χ0n) is 21.9. The lowest BCUT2D eigenvalue weighted by Crippen LogP contribution is -2.35. The lowest BCUT2D eigenvalue weighted by Gasteiger charge is -2.25. The molecule has 2 unspecified atom stereocenters. The Morgan fingerprint density at radius 2 is 1.79 bits per heavy atom. The lowest BCUT2D eigenvalue weighted by molar-refractivity contribution is -0.141. The average molecular weight is 546 g/mol. The Morgan fingerprint density at radius 3 is 2.46 bits per heavy atom. The van der Waals surface area contributed by atoms with E-state index in [0.717, 1.165) is 52.4 Å². The summed E-state index contributed by atoms with van der Waals surface area (Å²) in [4.78, 5) is 44.3. The number of nitrogens with zero attached hydrogens (tertiary/aromatic N) is 4. The first kappa shape index (κ1) is 27.4. The van der Waals surface area contributed by atoms with E-state index in [2.05, 4.69) is 9.97 Å². The van der Waals surface area contributed by atoms with Crippen molar-refractivity contribution < 1.29 is 47.3 Å². The first-order valence-electron chi connectivity index (χ1n) is 13.2. The molecule has 5 heterocycles. The van der Waals surface area contributed by atoms with Gasteiger partial charge in [0.05, 0.1) is 13.2 Å². The number of rotatable bonds is 9. The maximum Gasteiger partial charge on any atom is 0.791 e. The smallest absolute Gasteiger partial charge is 0.474 e. The number of Topliss-reactive ketones (excluding diaryl/α,β-unsaturated/α-hetero) is 1. The Kier molecular flexibility index (Phi) is 8.70. The van der Waals surface area contributed by atoms with Crippen LogP contribution in [0, 0.1) is 0 Å². The van der Waals surface area contributed by atoms with E-state index in [4.69, 9.17) is 38.0 Å². The van der Waals surface area contributed by atoms with Crippen LogP contribution in [-0.4, -0.2) is 77.0 Å². The van der Waals surface area contributed by atoms with Crippen molar-refractivity contribution in [3.05, 3.63) is 12.0 Å². The molecule has 2 aromatic rings. The summed E-state index contributed by atoms with van der Waals surface area (Å²) in [5, 5.41) is 4.80. The Morgan fingerprint density at radius 1 is 1.05 bits per heavy atom. The fraction of sp³-hybridized carbons (Fsp3) is 0.667. The van der Waals surface area contributed by atoms with Gasteiger partial charge in [-0.2, -0.15) is 10.1 Å². The highest BCUT2D eigenvalue weighted by molar-refractivity contribution is 6.41. The number of carbonyl (C=O) groups is 3. The standard InChI is InChI=1S/C24H31BN4O10/c1-14(30)38-25(39-15(2)31)35-12-18-16(32)11-17(36-18)21-22-23(29(28-21)19-7-3-5-9-33-19)24(27-13-26-22)37-20-8-4-6-10-34-20/h13,17-20H,3-12H2,1-2H3/t17-,18-,19?,20?/m1/s1. The van der Waals surface area contributed by atoms with Crippen LogP contribution in [0.15, 0.2) is 6.33 Å². The number of hydrogen-bond donors (Lipinski definition) is 0. The van der Waals surface area contributed by atoms with Crippen LogP contribution >= 0.6 is 0 Å². The molecule has 0 bridgehead atoms. The molecule has 0 N–H and O–H groups in total. The summed E-state index contributed by atoms with van der Waals surface area (Å²) in [5.41, 5.74) is 1.49. The summed E-state index contributed by atoms with van der Waals surface area (Å²) in [6, 6.07) is 0. The third-order valence-electron chi connectivity index (χ3n) is 6.57. The Labute approximate surface area is 224 Å². The maximum absolute atomic E-state index is 12.8. The van der Waals surface area contributed by atoms with Gasteiger partial charge in [-0.15, -0.1) is 0 Å². The van der Waals surface area contributed by atoms with Crippen LogP contribution in [0.25, 0.3) is 11.0 Å². The van der Waals surface area contributed by atoms with Crippen molar-refractivity contribution in [2.75, 3.05) is 19.8 Å². The summed E-state index contributed by atoms with van der Waals surface area (Å²) in [7, 11) is -1.59. The molecule has 4 atom stereocenters. The van der Waals surface area contributed by atoms with Gasteiger partial charge in [0.2, 0.25) is 12.2 Å². The van der Waals surface area contributed by atoms with E-state index in [1.807, 2.05) is 0 Å². The first-order chi connectivity index (χ1) is 18.9. The maximum atomic E-state index is 12.8. The van der Waals surface area contributed by atoms with Crippen LogP contribution in [0.5, 0.6) is 5.88 Å². The zero-order valence-corrected chi connectivity index (χ0v) is 21.9. The topological polar surface area (TPSA) is 159 Å². The molecule has 5 rings (SSSR count). The van der Waals surface area contributed by atoms with Gasteiger partial charge >= 0.3 is 7.32 Å². The van der Waals surface area contributed by atoms with Crippen LogP contribution in [0.4, 0.5) is 0 Å². The van der Waals surface area contributed by atoms with Gasteiger partial charge in [-0.25, -0.2) is 9.67 Å². The van der Waals surface area contributed by atoms with Crippen LogP contribution < -0.4 is 4.74 Å². The van der Waals surface area contributed by atoms with Gasteiger partial charge in [0.15, 0.2) is 17.5 Å². The van der Waals surface area contributed by atoms with Crippen molar-refractivity contribution in [3.63, 3.8) is 0 Å². The molecule has 0 amide bonds. The van der Waals surface area contributed by atoms with Crippen LogP contribution in [0.3, 0.4) is 0 Å². The van der Waals surface area contributed by atoms with E-state index in [1.54, 1.807) is 4.68 Å². The fourth-order valence-electron chi connectivity index (χ4n) is 4.79. The summed E-state index contributed by atoms with van der Waals surface area (Å²) < 4.78 is 40.7. The molecule has 0 spiro atoms. The predicted molar refractivity (Wildman–Crippen MR) is 131 cm³/mol. The van der Waals surface area contributed by atoms with Crippen molar-refractivity contribution in [2.24, 2.45) is 0 Å². The van der Waals surface area contributed by atoms with Crippen LogP contribution in [-0.2, 0) is 42.6 Å². The second kappa shape index (κ2) is 12.4. The van der Waals surface area contributed by atoms with Crippen molar-refractivity contribution in [2.45, 2.75) is 83.5 Å². The summed E-state index contributed by atoms with van der Waals surface area (Å²) in [6.07, 6.45) is 4.31. The SMILES string of the molecule is CC(=O)OB(OC[C@H]1O[C@@H](c2nn(C3CCCCO3)c3c(OC4CCCCO4)ncnc23)CC1=O)OC(C)=O. The Balaban J connectivity index is 1.39. The molecule has 3 aliphatic rings. The van der Waals surface area contributed by atoms with E-state index >= 15 is 0 Å². The Hall–Kier alpha value is -3.14. The van der Waals surface area contributed by atoms with Gasteiger partial charge in [0.25, 0.3) is 11.9 Å². The van der Waals surface area contributed by atoms with E-state index in [-0.39, 0.29) is 25.0 Å². The number of hydrogen-bond acceptors (Lipinski definition) is 13. The van der Waals surface area contributed by atoms with Crippen molar-refractivity contribution in [1.82, 2.24) is 19.7 Å². The third-order valence-corrected chi connectivity index (χ3v) is 6.57. The van der Waals surface area contributed by atoms with Crippen LogP contribution in [0.2, 0.25) is 0 Å². The molecule has 15 heteroatoms. The molecule has 0 aliphatic carbocycles. The second-order valence-electron chi connectivity index (χ2n) is 9.57. The molecule has 39 heavy (non-hydrogen) atoms. The molecule has 3 aliphatic heterocycles. The van der Waals surface area contributed by atoms with Gasteiger partial charge in [0, 0.05) is 33.3 Å². The van der Waals surface area contributed by atoms with Crippen LogP contribution in [0.1, 0.15) is 76.8 Å². The van der Waals surface area contributed by atoms with Crippen molar-refractivity contribution in [1.29, 1.82) is 0 Å². The first-order valence-corrected chi connectivity index (χ1v) is 13.2. The zero-order chi connectivity index (χ0) is 27.4. The van der Waals surface area contributed by atoms with Gasteiger partial charge in [-0.05, 0) is 32.1 Å². The number of ether oxygens (including phenoxy) is 4. The highest BCUT2D eigenvalue weighted by atomic mass is 16.8. The third kappa shape index (κ3) is 6.54. The number of carbonyl (C=O) groups excluding carboxylic acids is 3. The predicted octanol–water partition coefficient (Wildman–Crippen LogP) is 1.96. The van der Waals surface area contributed by atoms with E-state index in [0.29, 0.717) is 35.8 Å². The highest BCUT2D eigenvalue weighted by Gasteiger charge is 2.41. The quantitative estimate of drug-likeness (QED) is 0.421. The number of aromatic nitrogens is 4. The monoisotopic (exact) mass is 546 g/mol. The largest absolute Gasteiger partial charge is 0.791 e. The van der Waals surface area contributed by atoms with E-state index in [1.165, 1.54) is 6.33 Å². The molecule has 3 fully saturated rings. The molecule has 0 saturated carbocycles. The molecule has 3 saturated heterocycles. The summed E-state index contributed by atoms with van der Waals surface area (Å²) >= 11 is 0. The highest BCUT2D eigenvalue weighted by Crippen LogP contribution is 2.38. The lowest BCUT2D eigenvalue weighted by atomic mass is 10.1. The average Bonchev–Trinajstić information content (AvgIpc) is 3.49. The molecule has 210 valence electrons. The molecular weight excluding hydrogens is 515 g/mol. The normalized spacial score (nSPS) is 25.4. The van der Waals surface area contributed by atoms with Gasteiger partial charge in [0.1, 0.15) is 29.7 Å². The fourth-order valence-corrected chi connectivity index (χ4v) is 4.79.